The molecule has 1 aliphatic heterocycles. The third-order valence-electron chi connectivity index (χ3n) is 5.46. The van der Waals surface area contributed by atoms with Gasteiger partial charge in [0, 0.05) is 42.3 Å². The van der Waals surface area contributed by atoms with Crippen LogP contribution in [0.1, 0.15) is 34.5 Å². The van der Waals surface area contributed by atoms with E-state index in [0.717, 1.165) is 22.2 Å². The molecular weight excluding hydrogens is 350 g/mol. The lowest BCUT2D eigenvalue weighted by atomic mass is 9.95. The van der Waals surface area contributed by atoms with E-state index < -0.39 is 0 Å². The molecule has 1 aromatic heterocycles. The first-order valence-corrected chi connectivity index (χ1v) is 9.80. The Morgan fingerprint density at radius 2 is 1.82 bits per heavy atom. The number of benzene rings is 2. The van der Waals surface area contributed by atoms with Gasteiger partial charge in [0.05, 0.1) is 0 Å². The molecule has 1 fully saturated rings. The molecule has 2 heterocycles. The summed E-state index contributed by atoms with van der Waals surface area (Å²) in [4.78, 5) is 30.2. The van der Waals surface area contributed by atoms with Crippen LogP contribution in [0.15, 0.2) is 54.6 Å². The predicted octanol–water partition coefficient (Wildman–Crippen LogP) is 3.64. The number of carbonyl (C=O) groups is 2. The van der Waals surface area contributed by atoms with E-state index in [1.54, 1.807) is 0 Å². The Balaban J connectivity index is 1.29. The number of hydrogen-bond acceptors (Lipinski definition) is 2. The number of fused-ring (bicyclic) bond motifs is 1. The number of aryl methyl sites for hydroxylation is 1. The minimum atomic E-state index is -0.0296. The standard InChI is InChI=1S/C23H25N3O2/c1-16-13-20-14-17(7-8-21(20)25-16)15-24-22(27)18-9-11-26(12-10-18)23(28)19-5-3-2-4-6-19/h2-8,13-14,18,25H,9-12,15H2,1H3,(H,24,27). The monoisotopic (exact) mass is 375 g/mol. The molecule has 0 atom stereocenters. The van der Waals surface area contributed by atoms with Crippen molar-refractivity contribution in [1.82, 2.24) is 15.2 Å². The fourth-order valence-corrected chi connectivity index (χ4v) is 3.88. The normalized spacial score (nSPS) is 15.0. The van der Waals surface area contributed by atoms with Gasteiger partial charge in [0.2, 0.25) is 5.91 Å². The van der Waals surface area contributed by atoms with Crippen molar-refractivity contribution >= 4 is 22.7 Å². The number of aromatic nitrogens is 1. The fraction of sp³-hybridized carbons (Fsp3) is 0.304. The van der Waals surface area contributed by atoms with Crippen LogP contribution in [-0.2, 0) is 11.3 Å². The quantitative estimate of drug-likeness (QED) is 0.731. The lowest BCUT2D eigenvalue weighted by Crippen LogP contribution is -2.42. The molecule has 28 heavy (non-hydrogen) atoms. The van der Waals surface area contributed by atoms with Crippen LogP contribution < -0.4 is 5.32 Å². The number of nitrogens with one attached hydrogen (secondary N) is 2. The maximum absolute atomic E-state index is 12.6. The zero-order valence-electron chi connectivity index (χ0n) is 16.1. The Morgan fingerprint density at radius 3 is 2.57 bits per heavy atom. The average Bonchev–Trinajstić information content (AvgIpc) is 3.11. The highest BCUT2D eigenvalue weighted by Gasteiger charge is 2.27. The molecule has 0 bridgehead atoms. The SMILES string of the molecule is Cc1cc2cc(CNC(=O)C3CCN(C(=O)c4ccccc4)CC3)ccc2[nH]1. The summed E-state index contributed by atoms with van der Waals surface area (Å²) < 4.78 is 0. The second-order valence-electron chi connectivity index (χ2n) is 7.52. The van der Waals surface area contributed by atoms with Gasteiger partial charge in [-0.3, -0.25) is 9.59 Å². The zero-order chi connectivity index (χ0) is 19.5. The van der Waals surface area contributed by atoms with Crippen molar-refractivity contribution in [2.75, 3.05) is 13.1 Å². The predicted molar refractivity (Wildman–Crippen MR) is 110 cm³/mol. The minimum Gasteiger partial charge on any atom is -0.359 e. The summed E-state index contributed by atoms with van der Waals surface area (Å²) >= 11 is 0. The number of piperidine rings is 1. The maximum Gasteiger partial charge on any atom is 0.253 e. The van der Waals surface area contributed by atoms with E-state index in [4.69, 9.17) is 0 Å². The van der Waals surface area contributed by atoms with E-state index in [1.807, 2.05) is 48.2 Å². The molecule has 3 aromatic rings. The van der Waals surface area contributed by atoms with Gasteiger partial charge in [0.1, 0.15) is 0 Å². The van der Waals surface area contributed by atoms with Gasteiger partial charge in [-0.1, -0.05) is 24.3 Å². The first-order chi connectivity index (χ1) is 13.6. The molecule has 0 aliphatic carbocycles. The van der Waals surface area contributed by atoms with Gasteiger partial charge in [-0.15, -0.1) is 0 Å². The van der Waals surface area contributed by atoms with Crippen molar-refractivity contribution in [3.05, 3.63) is 71.4 Å². The third-order valence-corrected chi connectivity index (χ3v) is 5.46. The molecule has 2 amide bonds. The highest BCUT2D eigenvalue weighted by Crippen LogP contribution is 2.20. The molecule has 2 N–H and O–H groups in total. The number of nitrogens with zero attached hydrogens (tertiary/aromatic N) is 1. The number of rotatable bonds is 4. The number of hydrogen-bond donors (Lipinski definition) is 2. The minimum absolute atomic E-state index is 0.0296. The zero-order valence-corrected chi connectivity index (χ0v) is 16.1. The van der Waals surface area contributed by atoms with Crippen LogP contribution in [-0.4, -0.2) is 34.8 Å². The smallest absolute Gasteiger partial charge is 0.253 e. The molecule has 1 aliphatic rings. The van der Waals surface area contributed by atoms with Crippen LogP contribution in [0, 0.1) is 12.8 Å². The van der Waals surface area contributed by atoms with Crippen LogP contribution in [0.25, 0.3) is 10.9 Å². The van der Waals surface area contributed by atoms with E-state index in [9.17, 15) is 9.59 Å². The van der Waals surface area contributed by atoms with Crippen molar-refractivity contribution in [3.63, 3.8) is 0 Å². The summed E-state index contributed by atoms with van der Waals surface area (Å²) in [6.07, 6.45) is 1.42. The fourth-order valence-electron chi connectivity index (χ4n) is 3.88. The molecule has 0 spiro atoms. The molecule has 0 unspecified atom stereocenters. The number of aromatic amines is 1. The van der Waals surface area contributed by atoms with Crippen LogP contribution >= 0.6 is 0 Å². The van der Waals surface area contributed by atoms with Crippen molar-refractivity contribution in [3.8, 4) is 0 Å². The first-order valence-electron chi connectivity index (χ1n) is 9.80. The van der Waals surface area contributed by atoms with Crippen LogP contribution in [0.4, 0.5) is 0 Å². The molecule has 5 nitrogen and oxygen atoms in total. The van der Waals surface area contributed by atoms with Gasteiger partial charge in [0.25, 0.3) is 5.91 Å². The number of likely N-dealkylation sites (tertiary alicyclic amines) is 1. The Kier molecular flexibility index (Phi) is 5.15. The van der Waals surface area contributed by atoms with Crippen molar-refractivity contribution in [1.29, 1.82) is 0 Å². The van der Waals surface area contributed by atoms with Gasteiger partial charge in [-0.25, -0.2) is 0 Å². The molecule has 5 heteroatoms. The Labute approximate surface area is 164 Å². The lowest BCUT2D eigenvalue weighted by molar-refractivity contribution is -0.126. The van der Waals surface area contributed by atoms with E-state index in [-0.39, 0.29) is 17.7 Å². The number of carbonyl (C=O) groups excluding carboxylic acids is 2. The summed E-state index contributed by atoms with van der Waals surface area (Å²) in [7, 11) is 0. The summed E-state index contributed by atoms with van der Waals surface area (Å²) in [5.41, 5.74) is 4.05. The van der Waals surface area contributed by atoms with Crippen LogP contribution in [0.2, 0.25) is 0 Å². The first kappa shape index (κ1) is 18.3. The number of amides is 2. The Bertz CT molecular complexity index is 986. The summed E-state index contributed by atoms with van der Waals surface area (Å²) in [5, 5.41) is 4.23. The maximum atomic E-state index is 12.6. The third kappa shape index (κ3) is 3.93. The molecule has 1 saturated heterocycles. The van der Waals surface area contributed by atoms with Gasteiger partial charge in [-0.05, 0) is 61.0 Å². The number of H-pyrrole nitrogens is 1. The van der Waals surface area contributed by atoms with E-state index in [0.29, 0.717) is 38.0 Å². The van der Waals surface area contributed by atoms with Gasteiger partial charge in [0.15, 0.2) is 0 Å². The molecule has 2 aromatic carbocycles. The Hall–Kier alpha value is -3.08. The largest absolute Gasteiger partial charge is 0.359 e. The second kappa shape index (κ2) is 7.89. The summed E-state index contributed by atoms with van der Waals surface area (Å²) in [5.74, 6) is 0.102. The summed E-state index contributed by atoms with van der Waals surface area (Å²) in [6, 6.07) is 17.6. The second-order valence-corrected chi connectivity index (χ2v) is 7.52. The molecule has 4 rings (SSSR count). The Morgan fingerprint density at radius 1 is 1.07 bits per heavy atom. The van der Waals surface area contributed by atoms with Crippen molar-refractivity contribution in [2.24, 2.45) is 5.92 Å². The van der Waals surface area contributed by atoms with Crippen molar-refractivity contribution in [2.45, 2.75) is 26.3 Å². The van der Waals surface area contributed by atoms with Crippen LogP contribution in [0.3, 0.4) is 0 Å². The highest BCUT2D eigenvalue weighted by atomic mass is 16.2. The van der Waals surface area contributed by atoms with Gasteiger partial charge >= 0.3 is 0 Å². The van der Waals surface area contributed by atoms with Crippen LogP contribution in [0.5, 0.6) is 0 Å². The van der Waals surface area contributed by atoms with Crippen molar-refractivity contribution < 1.29 is 9.59 Å². The molecule has 0 saturated carbocycles. The van der Waals surface area contributed by atoms with E-state index >= 15 is 0 Å². The topological polar surface area (TPSA) is 65.2 Å². The lowest BCUT2D eigenvalue weighted by Gasteiger charge is -2.31. The van der Waals surface area contributed by atoms with Gasteiger partial charge in [-0.2, -0.15) is 0 Å². The van der Waals surface area contributed by atoms with E-state index in [2.05, 4.69) is 28.5 Å². The van der Waals surface area contributed by atoms with E-state index in [1.165, 1.54) is 0 Å². The summed E-state index contributed by atoms with van der Waals surface area (Å²) in [6.45, 7) is 3.82. The molecule has 0 radical (unpaired) electrons. The highest BCUT2D eigenvalue weighted by molar-refractivity contribution is 5.94. The van der Waals surface area contributed by atoms with Gasteiger partial charge < -0.3 is 15.2 Å². The molecule has 144 valence electrons. The molecular formula is C23H25N3O2. The average molecular weight is 375 g/mol.